The van der Waals surface area contributed by atoms with E-state index in [1.165, 1.54) is 11.8 Å². The molecule has 0 aromatic heterocycles. The molecule has 0 aliphatic carbocycles. The number of unbranched alkanes of at least 4 members (excludes halogenated alkanes) is 1. The number of ether oxygens (including phenoxy) is 2. The van der Waals surface area contributed by atoms with E-state index >= 15 is 0 Å². The Kier molecular flexibility index (Phi) is 6.43. The van der Waals surface area contributed by atoms with E-state index in [0.717, 1.165) is 17.7 Å². The normalized spacial score (nSPS) is 10.1. The molecule has 1 rings (SSSR count). The first-order valence-corrected chi connectivity index (χ1v) is 6.88. The topological polar surface area (TPSA) is 61.5 Å². The largest absolute Gasteiger partial charge is 0.496 e. The average molecular weight is 269 g/mol. The fourth-order valence-corrected chi connectivity index (χ4v) is 2.12. The van der Waals surface area contributed by atoms with Gasteiger partial charge in [-0.2, -0.15) is 0 Å². The molecule has 0 atom stereocenters. The van der Waals surface area contributed by atoms with Gasteiger partial charge in [-0.1, -0.05) is 13.3 Å². The number of carbonyl (C=O) groups excluding carboxylic acids is 1. The fraction of sp³-hybridized carbons (Fsp3) is 0.462. The molecule has 0 fully saturated rings. The summed E-state index contributed by atoms with van der Waals surface area (Å²) in [7, 11) is 1.58. The van der Waals surface area contributed by atoms with Gasteiger partial charge in [-0.05, 0) is 18.6 Å². The Balaban J connectivity index is 2.45. The van der Waals surface area contributed by atoms with E-state index in [9.17, 15) is 4.79 Å². The molecule has 18 heavy (non-hydrogen) atoms. The number of hydrogen-bond acceptors (Lipinski definition) is 5. The molecule has 0 aliphatic rings. The molecule has 0 amide bonds. The highest BCUT2D eigenvalue weighted by molar-refractivity contribution is 8.00. The zero-order valence-electron chi connectivity index (χ0n) is 10.8. The Morgan fingerprint density at radius 2 is 2.22 bits per heavy atom. The van der Waals surface area contributed by atoms with Crippen LogP contribution in [0.1, 0.15) is 19.8 Å². The number of rotatable bonds is 7. The molecule has 0 saturated carbocycles. The number of anilines is 1. The molecule has 1 aromatic carbocycles. The lowest BCUT2D eigenvalue weighted by atomic mass is 10.3. The summed E-state index contributed by atoms with van der Waals surface area (Å²) in [4.78, 5) is 12.3. The fourth-order valence-electron chi connectivity index (χ4n) is 1.31. The van der Waals surface area contributed by atoms with Gasteiger partial charge in [0.2, 0.25) is 0 Å². The molecule has 1 aromatic rings. The molecule has 0 spiro atoms. The van der Waals surface area contributed by atoms with Gasteiger partial charge in [-0.25, -0.2) is 0 Å². The van der Waals surface area contributed by atoms with Gasteiger partial charge in [-0.15, -0.1) is 11.8 Å². The molecule has 0 radical (unpaired) electrons. The predicted octanol–water partition coefficient (Wildman–Crippen LogP) is 2.71. The monoisotopic (exact) mass is 269 g/mol. The SMILES string of the molecule is CCCCOC(=O)CSc1ccc(N)cc1OC. The van der Waals surface area contributed by atoms with E-state index in [2.05, 4.69) is 6.92 Å². The van der Waals surface area contributed by atoms with Crippen molar-refractivity contribution in [2.24, 2.45) is 0 Å². The van der Waals surface area contributed by atoms with E-state index in [1.54, 1.807) is 19.2 Å². The van der Waals surface area contributed by atoms with Gasteiger partial charge >= 0.3 is 5.97 Å². The Morgan fingerprint density at radius 1 is 1.44 bits per heavy atom. The first-order valence-electron chi connectivity index (χ1n) is 5.89. The average Bonchev–Trinajstić information content (AvgIpc) is 2.37. The standard InChI is InChI=1S/C13H19NO3S/c1-3-4-7-17-13(15)9-18-12-6-5-10(14)8-11(12)16-2/h5-6,8H,3-4,7,9,14H2,1-2H3. The van der Waals surface area contributed by atoms with Gasteiger partial charge in [0.05, 0.1) is 24.4 Å². The molecular formula is C13H19NO3S. The van der Waals surface area contributed by atoms with E-state index < -0.39 is 0 Å². The minimum Gasteiger partial charge on any atom is -0.496 e. The number of carbonyl (C=O) groups is 1. The minimum absolute atomic E-state index is 0.202. The van der Waals surface area contributed by atoms with E-state index in [0.29, 0.717) is 18.0 Å². The Morgan fingerprint density at radius 3 is 2.89 bits per heavy atom. The summed E-state index contributed by atoms with van der Waals surface area (Å²) in [6, 6.07) is 5.37. The van der Waals surface area contributed by atoms with Crippen molar-refractivity contribution in [1.29, 1.82) is 0 Å². The third-order valence-electron chi connectivity index (χ3n) is 2.29. The molecule has 5 heteroatoms. The van der Waals surface area contributed by atoms with Gasteiger partial charge in [0.1, 0.15) is 5.75 Å². The zero-order valence-corrected chi connectivity index (χ0v) is 11.6. The summed E-state index contributed by atoms with van der Waals surface area (Å²) in [6.45, 7) is 2.55. The van der Waals surface area contributed by atoms with Crippen molar-refractivity contribution in [3.05, 3.63) is 18.2 Å². The first kappa shape index (κ1) is 14.7. The van der Waals surface area contributed by atoms with Crippen molar-refractivity contribution in [2.45, 2.75) is 24.7 Å². The van der Waals surface area contributed by atoms with E-state index in [4.69, 9.17) is 15.2 Å². The number of esters is 1. The van der Waals surface area contributed by atoms with Gasteiger partial charge in [0, 0.05) is 11.8 Å². The summed E-state index contributed by atoms with van der Waals surface area (Å²) in [5.74, 6) is 0.762. The van der Waals surface area contributed by atoms with Crippen LogP contribution in [-0.4, -0.2) is 25.4 Å². The van der Waals surface area contributed by atoms with E-state index in [-0.39, 0.29) is 11.7 Å². The second-order valence-corrected chi connectivity index (χ2v) is 4.79. The molecular weight excluding hydrogens is 250 g/mol. The van der Waals surface area contributed by atoms with Crippen LogP contribution >= 0.6 is 11.8 Å². The summed E-state index contributed by atoms with van der Waals surface area (Å²) in [5, 5.41) is 0. The number of benzene rings is 1. The van der Waals surface area contributed by atoms with Crippen molar-refractivity contribution in [1.82, 2.24) is 0 Å². The van der Waals surface area contributed by atoms with Crippen LogP contribution in [-0.2, 0) is 9.53 Å². The van der Waals surface area contributed by atoms with Crippen LogP contribution in [0.2, 0.25) is 0 Å². The molecule has 0 aliphatic heterocycles. The summed E-state index contributed by atoms with van der Waals surface area (Å²) < 4.78 is 10.3. The summed E-state index contributed by atoms with van der Waals surface area (Å²) in [5.41, 5.74) is 6.30. The maximum Gasteiger partial charge on any atom is 0.316 e. The van der Waals surface area contributed by atoms with Crippen LogP contribution in [0.5, 0.6) is 5.75 Å². The lowest BCUT2D eigenvalue weighted by molar-refractivity contribution is -0.140. The van der Waals surface area contributed by atoms with Crippen molar-refractivity contribution >= 4 is 23.4 Å². The van der Waals surface area contributed by atoms with Gasteiger partial charge in [-0.3, -0.25) is 4.79 Å². The number of hydrogen-bond donors (Lipinski definition) is 1. The summed E-state index contributed by atoms with van der Waals surface area (Å²) in [6.07, 6.45) is 1.92. The minimum atomic E-state index is -0.202. The Hall–Kier alpha value is -1.36. The summed E-state index contributed by atoms with van der Waals surface area (Å²) >= 11 is 1.39. The van der Waals surface area contributed by atoms with Crippen molar-refractivity contribution in [2.75, 3.05) is 25.2 Å². The van der Waals surface area contributed by atoms with Crippen LogP contribution in [0.25, 0.3) is 0 Å². The molecule has 0 unspecified atom stereocenters. The molecule has 4 nitrogen and oxygen atoms in total. The molecule has 2 N–H and O–H groups in total. The molecule has 0 saturated heterocycles. The van der Waals surface area contributed by atoms with Gasteiger partial charge in [0.15, 0.2) is 0 Å². The number of thioether (sulfide) groups is 1. The van der Waals surface area contributed by atoms with E-state index in [1.807, 2.05) is 6.07 Å². The van der Waals surface area contributed by atoms with Crippen LogP contribution in [0.3, 0.4) is 0 Å². The third kappa shape index (κ3) is 4.87. The van der Waals surface area contributed by atoms with Gasteiger partial charge < -0.3 is 15.2 Å². The van der Waals surface area contributed by atoms with Crippen molar-refractivity contribution in [3.8, 4) is 5.75 Å². The molecule has 100 valence electrons. The number of methoxy groups -OCH3 is 1. The maximum atomic E-state index is 11.4. The molecule has 0 heterocycles. The lowest BCUT2D eigenvalue weighted by Crippen LogP contribution is -2.08. The smallest absolute Gasteiger partial charge is 0.316 e. The highest BCUT2D eigenvalue weighted by Gasteiger charge is 2.08. The van der Waals surface area contributed by atoms with Crippen LogP contribution in [0.4, 0.5) is 5.69 Å². The highest BCUT2D eigenvalue weighted by atomic mass is 32.2. The third-order valence-corrected chi connectivity index (χ3v) is 3.32. The first-order chi connectivity index (χ1) is 8.67. The van der Waals surface area contributed by atoms with Crippen LogP contribution in [0.15, 0.2) is 23.1 Å². The Labute approximate surface area is 112 Å². The lowest BCUT2D eigenvalue weighted by Gasteiger charge is -2.08. The zero-order chi connectivity index (χ0) is 13.4. The van der Waals surface area contributed by atoms with Crippen LogP contribution < -0.4 is 10.5 Å². The molecule has 0 bridgehead atoms. The maximum absolute atomic E-state index is 11.4. The number of nitrogens with two attached hydrogens (primary N) is 1. The van der Waals surface area contributed by atoms with Crippen molar-refractivity contribution in [3.63, 3.8) is 0 Å². The Bertz CT molecular complexity index is 396. The number of nitrogen functional groups attached to an aromatic ring is 1. The highest BCUT2D eigenvalue weighted by Crippen LogP contribution is 2.30. The van der Waals surface area contributed by atoms with Gasteiger partial charge in [0.25, 0.3) is 0 Å². The second kappa shape index (κ2) is 7.87. The second-order valence-electron chi connectivity index (χ2n) is 3.77. The van der Waals surface area contributed by atoms with Crippen LogP contribution in [0, 0.1) is 0 Å². The predicted molar refractivity (Wildman–Crippen MR) is 74.0 cm³/mol. The quantitative estimate of drug-likeness (QED) is 0.357. The van der Waals surface area contributed by atoms with Crippen molar-refractivity contribution < 1.29 is 14.3 Å².